The quantitative estimate of drug-likeness (QED) is 0.408. The molecule has 3 heteroatoms. The van der Waals surface area contributed by atoms with Gasteiger partial charge in [-0.05, 0) is 25.7 Å². The van der Waals surface area contributed by atoms with Crippen LogP contribution in [0.4, 0.5) is 4.79 Å². The van der Waals surface area contributed by atoms with E-state index < -0.39 is 0 Å². The van der Waals surface area contributed by atoms with E-state index in [1.54, 1.807) is 0 Å². The van der Waals surface area contributed by atoms with E-state index in [-0.39, 0.29) is 6.03 Å². The van der Waals surface area contributed by atoms with Gasteiger partial charge in [-0.1, -0.05) is 53.4 Å². The van der Waals surface area contributed by atoms with Gasteiger partial charge in [-0.2, -0.15) is 0 Å². The normalized spacial score (nSPS) is 11.6. The van der Waals surface area contributed by atoms with Crippen molar-refractivity contribution in [3.05, 3.63) is 0 Å². The molecule has 0 bridgehead atoms. The fourth-order valence-corrected chi connectivity index (χ4v) is 2.56. The molecule has 0 fully saturated rings. The lowest BCUT2D eigenvalue weighted by molar-refractivity contribution is -0.851. The van der Waals surface area contributed by atoms with Crippen LogP contribution in [0.15, 0.2) is 0 Å². The first-order valence-corrected chi connectivity index (χ1v) is 8.81. The highest BCUT2D eigenvalue weighted by Crippen LogP contribution is 2.15. The Morgan fingerprint density at radius 2 is 1.15 bits per heavy atom. The molecule has 0 aliphatic carbocycles. The van der Waals surface area contributed by atoms with Gasteiger partial charge in [-0.25, -0.2) is 9.28 Å². The molecule has 2 amide bonds. The summed E-state index contributed by atoms with van der Waals surface area (Å²) in [5.74, 6) is 0. The minimum Gasteiger partial charge on any atom is -0.306 e. The maximum atomic E-state index is 12.7. The first kappa shape index (κ1) is 19.4. The molecule has 3 nitrogen and oxygen atoms in total. The molecule has 0 aliphatic rings. The van der Waals surface area contributed by atoms with Crippen LogP contribution in [0.5, 0.6) is 0 Å². The number of unbranched alkanes of at least 4 members (excludes halogenated alkanes) is 4. The Balaban J connectivity index is 4.76. The maximum absolute atomic E-state index is 12.7. The van der Waals surface area contributed by atoms with E-state index in [4.69, 9.17) is 0 Å². The minimum absolute atomic E-state index is 0.272. The van der Waals surface area contributed by atoms with Crippen molar-refractivity contribution < 1.29 is 9.28 Å². The van der Waals surface area contributed by atoms with Crippen LogP contribution in [0.1, 0.15) is 79.1 Å². The van der Waals surface area contributed by atoms with Crippen LogP contribution in [0, 0.1) is 0 Å². The first-order valence-electron chi connectivity index (χ1n) is 8.81. The molecule has 0 aliphatic heterocycles. The van der Waals surface area contributed by atoms with Gasteiger partial charge in [-0.3, -0.25) is 0 Å². The Morgan fingerprint density at radius 1 is 0.750 bits per heavy atom. The standard InChI is InChI=1S/C17H36N2O/c1-5-9-13-18-17(20)19(14-10-6-2,15-11-7-3)16-12-8-4/h5-16H2,1-4H3/p+1. The van der Waals surface area contributed by atoms with E-state index in [1.165, 1.54) is 19.3 Å². The van der Waals surface area contributed by atoms with Crippen molar-refractivity contribution in [3.63, 3.8) is 0 Å². The zero-order valence-corrected chi connectivity index (χ0v) is 14.3. The molecule has 0 aromatic heterocycles. The van der Waals surface area contributed by atoms with Crippen LogP contribution in [-0.4, -0.2) is 36.7 Å². The van der Waals surface area contributed by atoms with Crippen LogP contribution < -0.4 is 5.32 Å². The van der Waals surface area contributed by atoms with Gasteiger partial charge in [0.05, 0.1) is 19.6 Å². The zero-order valence-electron chi connectivity index (χ0n) is 14.3. The van der Waals surface area contributed by atoms with E-state index in [2.05, 4.69) is 33.0 Å². The summed E-state index contributed by atoms with van der Waals surface area (Å²) in [4.78, 5) is 12.7. The van der Waals surface area contributed by atoms with E-state index in [0.717, 1.165) is 58.3 Å². The van der Waals surface area contributed by atoms with Crippen molar-refractivity contribution in [1.82, 2.24) is 5.32 Å². The third-order valence-electron chi connectivity index (χ3n) is 4.06. The number of urea groups is 1. The van der Waals surface area contributed by atoms with Gasteiger partial charge in [0.2, 0.25) is 0 Å². The fraction of sp³-hybridized carbons (Fsp3) is 0.941. The summed E-state index contributed by atoms with van der Waals surface area (Å²) in [6.45, 7) is 12.7. The molecular weight excluding hydrogens is 248 g/mol. The van der Waals surface area contributed by atoms with Crippen LogP contribution in [0.3, 0.4) is 0 Å². The highest BCUT2D eigenvalue weighted by atomic mass is 16.2. The van der Waals surface area contributed by atoms with E-state index in [1.807, 2.05) is 0 Å². The zero-order chi connectivity index (χ0) is 15.3. The minimum atomic E-state index is 0.272. The Bertz CT molecular complexity index is 219. The predicted molar refractivity (Wildman–Crippen MR) is 87.9 cm³/mol. The molecule has 0 saturated carbocycles. The smallest absolute Gasteiger partial charge is 0.306 e. The lowest BCUT2D eigenvalue weighted by Crippen LogP contribution is -2.59. The molecule has 0 aromatic rings. The molecular formula is C17H37N2O+. The maximum Gasteiger partial charge on any atom is 0.416 e. The van der Waals surface area contributed by atoms with Crippen molar-refractivity contribution in [2.24, 2.45) is 0 Å². The summed E-state index contributed by atoms with van der Waals surface area (Å²) >= 11 is 0. The van der Waals surface area contributed by atoms with Crippen molar-refractivity contribution in [2.75, 3.05) is 26.2 Å². The van der Waals surface area contributed by atoms with Gasteiger partial charge >= 0.3 is 6.03 Å². The number of quaternary nitrogens is 1. The molecule has 0 rings (SSSR count). The number of hydrogen-bond donors (Lipinski definition) is 1. The molecule has 0 spiro atoms. The highest BCUT2D eigenvalue weighted by molar-refractivity contribution is 5.66. The Kier molecular flexibility index (Phi) is 11.8. The fourth-order valence-electron chi connectivity index (χ4n) is 2.56. The second-order valence-corrected chi connectivity index (χ2v) is 5.96. The number of carbonyl (C=O) groups is 1. The van der Waals surface area contributed by atoms with Crippen LogP contribution >= 0.6 is 0 Å². The summed E-state index contributed by atoms with van der Waals surface area (Å²) < 4.78 is 0.666. The molecule has 120 valence electrons. The van der Waals surface area contributed by atoms with Gasteiger partial charge in [0.15, 0.2) is 0 Å². The van der Waals surface area contributed by atoms with Crippen LogP contribution in [-0.2, 0) is 0 Å². The van der Waals surface area contributed by atoms with Gasteiger partial charge in [0.25, 0.3) is 0 Å². The molecule has 20 heavy (non-hydrogen) atoms. The lowest BCUT2D eigenvalue weighted by Gasteiger charge is -2.36. The van der Waals surface area contributed by atoms with E-state index in [9.17, 15) is 4.79 Å². The average molecular weight is 285 g/mol. The van der Waals surface area contributed by atoms with Crippen LogP contribution in [0.2, 0.25) is 0 Å². The van der Waals surface area contributed by atoms with Gasteiger partial charge in [0, 0.05) is 6.54 Å². The second-order valence-electron chi connectivity index (χ2n) is 5.96. The number of carbonyl (C=O) groups excluding carboxylic acids is 1. The second kappa shape index (κ2) is 12.2. The van der Waals surface area contributed by atoms with E-state index >= 15 is 0 Å². The third kappa shape index (κ3) is 7.28. The molecule has 0 unspecified atom stereocenters. The number of hydrogen-bond acceptors (Lipinski definition) is 1. The molecule has 0 heterocycles. The molecule has 0 aromatic carbocycles. The Hall–Kier alpha value is -0.570. The summed E-state index contributed by atoms with van der Waals surface area (Å²) in [6.07, 6.45) is 9.17. The van der Waals surface area contributed by atoms with Gasteiger partial charge in [0.1, 0.15) is 0 Å². The van der Waals surface area contributed by atoms with Crippen LogP contribution in [0.25, 0.3) is 0 Å². The lowest BCUT2D eigenvalue weighted by atomic mass is 10.2. The SMILES string of the molecule is CCCCNC(=O)[N+](CCCC)(CCCC)CCCC. The topological polar surface area (TPSA) is 29.1 Å². The van der Waals surface area contributed by atoms with Crippen molar-refractivity contribution >= 4 is 6.03 Å². The number of nitrogens with zero attached hydrogens (tertiary/aromatic N) is 1. The average Bonchev–Trinajstić information content (AvgIpc) is 2.47. The van der Waals surface area contributed by atoms with Gasteiger partial charge in [-0.15, -0.1) is 0 Å². The summed E-state index contributed by atoms with van der Waals surface area (Å²) in [5.41, 5.74) is 0. The monoisotopic (exact) mass is 285 g/mol. The molecule has 0 radical (unpaired) electrons. The number of amides is 2. The number of nitrogens with one attached hydrogen (secondary N) is 1. The molecule has 1 N–H and O–H groups in total. The third-order valence-corrected chi connectivity index (χ3v) is 4.06. The van der Waals surface area contributed by atoms with Crippen molar-refractivity contribution in [3.8, 4) is 0 Å². The molecule has 0 saturated heterocycles. The highest BCUT2D eigenvalue weighted by Gasteiger charge is 2.34. The van der Waals surface area contributed by atoms with Crippen molar-refractivity contribution in [1.29, 1.82) is 0 Å². The first-order chi connectivity index (χ1) is 9.66. The Labute approximate surface area is 126 Å². The summed E-state index contributed by atoms with van der Waals surface area (Å²) in [6, 6.07) is 0.272. The summed E-state index contributed by atoms with van der Waals surface area (Å²) in [7, 11) is 0. The number of rotatable bonds is 12. The molecule has 0 atom stereocenters. The van der Waals surface area contributed by atoms with E-state index in [0.29, 0.717) is 4.48 Å². The van der Waals surface area contributed by atoms with Gasteiger partial charge < -0.3 is 5.32 Å². The van der Waals surface area contributed by atoms with Crippen molar-refractivity contribution in [2.45, 2.75) is 79.1 Å². The predicted octanol–water partition coefficient (Wildman–Crippen LogP) is 4.71. The Morgan fingerprint density at radius 3 is 1.50 bits per heavy atom. The summed E-state index contributed by atoms with van der Waals surface area (Å²) in [5, 5.41) is 3.18. The largest absolute Gasteiger partial charge is 0.416 e.